The van der Waals surface area contributed by atoms with Crippen LogP contribution < -0.4 is 0 Å². The lowest BCUT2D eigenvalue weighted by Gasteiger charge is -2.45. The number of hydrogen-bond acceptors (Lipinski definition) is 4. The normalized spacial score (nSPS) is 26.9. The van der Waals surface area contributed by atoms with Crippen molar-refractivity contribution in [3.8, 4) is 0 Å². The number of fused-ring (bicyclic) bond motifs is 2. The van der Waals surface area contributed by atoms with E-state index in [0.29, 0.717) is 23.5 Å². The summed E-state index contributed by atoms with van der Waals surface area (Å²) in [5.41, 5.74) is 1.28. The van der Waals surface area contributed by atoms with Crippen LogP contribution in [0.5, 0.6) is 0 Å². The van der Waals surface area contributed by atoms with Crippen LogP contribution in [-0.4, -0.2) is 36.3 Å². The molecule has 0 radical (unpaired) electrons. The van der Waals surface area contributed by atoms with Gasteiger partial charge in [-0.05, 0) is 67.7 Å². The van der Waals surface area contributed by atoms with Crippen molar-refractivity contribution in [2.75, 3.05) is 6.54 Å². The highest BCUT2D eigenvalue weighted by atomic mass is 35.5. The maximum atomic E-state index is 13.5. The van der Waals surface area contributed by atoms with Gasteiger partial charge < -0.3 is 4.90 Å². The van der Waals surface area contributed by atoms with Gasteiger partial charge in [0.05, 0.1) is 21.4 Å². The Hall–Kier alpha value is -1.92. The molecule has 172 valence electrons. The zero-order valence-electron chi connectivity index (χ0n) is 19.4. The number of pyridine rings is 1. The van der Waals surface area contributed by atoms with Crippen molar-refractivity contribution in [1.82, 2.24) is 9.88 Å². The lowest BCUT2D eigenvalue weighted by molar-refractivity contribution is 0.0464. The fraction of sp³-hybridized carbons (Fsp3) is 0.520. The van der Waals surface area contributed by atoms with E-state index in [4.69, 9.17) is 11.6 Å². The van der Waals surface area contributed by atoms with Gasteiger partial charge in [-0.15, -0.1) is 0 Å². The number of amides is 1. The van der Waals surface area contributed by atoms with Crippen LogP contribution in [0.4, 0.5) is 0 Å². The second kappa shape index (κ2) is 7.56. The van der Waals surface area contributed by atoms with Gasteiger partial charge in [0.15, 0.2) is 9.84 Å². The molecule has 32 heavy (non-hydrogen) atoms. The summed E-state index contributed by atoms with van der Waals surface area (Å²) in [6.45, 7) is 11.4. The van der Waals surface area contributed by atoms with E-state index < -0.39 is 9.84 Å². The average molecular weight is 475 g/mol. The van der Waals surface area contributed by atoms with Gasteiger partial charge in [-0.1, -0.05) is 50.6 Å². The predicted molar refractivity (Wildman–Crippen MR) is 126 cm³/mol. The monoisotopic (exact) mass is 474 g/mol. The quantitative estimate of drug-likeness (QED) is 0.591. The Balaban J connectivity index is 1.62. The van der Waals surface area contributed by atoms with Gasteiger partial charge in [0.25, 0.3) is 5.91 Å². The van der Waals surface area contributed by atoms with Gasteiger partial charge in [-0.25, -0.2) is 13.4 Å². The van der Waals surface area contributed by atoms with Crippen molar-refractivity contribution in [2.24, 2.45) is 10.8 Å². The molecule has 1 aliphatic carbocycles. The molecular weight excluding hydrogens is 444 g/mol. The summed E-state index contributed by atoms with van der Waals surface area (Å²) >= 11 is 6.19. The number of benzene rings is 1. The molecule has 2 aromatic rings. The van der Waals surface area contributed by atoms with Crippen molar-refractivity contribution >= 4 is 27.3 Å². The molecule has 1 saturated heterocycles. The molecule has 2 aliphatic rings. The molecule has 1 saturated carbocycles. The zero-order valence-corrected chi connectivity index (χ0v) is 21.0. The maximum absolute atomic E-state index is 13.5. The number of carbonyl (C=O) groups excluding carboxylic acids is 1. The molecule has 1 aliphatic heterocycles. The van der Waals surface area contributed by atoms with E-state index >= 15 is 0 Å². The third kappa shape index (κ3) is 4.19. The summed E-state index contributed by atoms with van der Waals surface area (Å²) in [6, 6.07) is 10.1. The van der Waals surface area contributed by atoms with E-state index in [1.165, 1.54) is 0 Å². The van der Waals surface area contributed by atoms with E-state index in [9.17, 15) is 13.2 Å². The van der Waals surface area contributed by atoms with Gasteiger partial charge in [0.2, 0.25) is 0 Å². The number of nitrogens with zero attached hydrogens (tertiary/aromatic N) is 2. The highest BCUT2D eigenvalue weighted by Crippen LogP contribution is 2.57. The molecular formula is C25H31ClN2O3S. The third-order valence-electron chi connectivity index (χ3n) is 6.85. The molecule has 0 N–H and O–H groups in total. The molecule has 2 bridgehead atoms. The largest absolute Gasteiger partial charge is 0.331 e. The van der Waals surface area contributed by atoms with Gasteiger partial charge in [-0.2, -0.15) is 0 Å². The Morgan fingerprint density at radius 1 is 1.06 bits per heavy atom. The molecule has 2 fully saturated rings. The number of hydrogen-bond donors (Lipinski definition) is 0. The van der Waals surface area contributed by atoms with Crippen molar-refractivity contribution in [3.05, 3.63) is 58.4 Å². The van der Waals surface area contributed by atoms with E-state index in [-0.39, 0.29) is 37.9 Å². The lowest BCUT2D eigenvalue weighted by Crippen LogP contribution is -2.48. The summed E-state index contributed by atoms with van der Waals surface area (Å²) in [5, 5.41) is 0.199. The molecule has 2 atom stereocenters. The van der Waals surface area contributed by atoms with Gasteiger partial charge in [0.1, 0.15) is 5.69 Å². The fourth-order valence-corrected chi connectivity index (χ4v) is 8.77. The van der Waals surface area contributed by atoms with Crippen LogP contribution in [0.25, 0.3) is 0 Å². The second-order valence-corrected chi connectivity index (χ2v) is 13.4. The van der Waals surface area contributed by atoms with Crippen LogP contribution in [0.2, 0.25) is 5.02 Å². The minimum Gasteiger partial charge on any atom is -0.331 e. The number of aromatic nitrogens is 1. The van der Waals surface area contributed by atoms with Crippen molar-refractivity contribution in [1.29, 1.82) is 0 Å². The number of rotatable bonds is 4. The lowest BCUT2D eigenvalue weighted by atomic mass is 9.61. The number of aryl methyl sites for hydroxylation is 1. The highest BCUT2D eigenvalue weighted by molar-refractivity contribution is 7.90. The Bertz CT molecular complexity index is 1170. The molecule has 1 aromatic carbocycles. The van der Waals surface area contributed by atoms with Crippen LogP contribution in [-0.2, 0) is 15.6 Å². The summed E-state index contributed by atoms with van der Waals surface area (Å²) < 4.78 is 26.2. The van der Waals surface area contributed by atoms with Crippen LogP contribution >= 0.6 is 11.6 Å². The van der Waals surface area contributed by atoms with Crippen LogP contribution in [0.1, 0.15) is 68.7 Å². The third-order valence-corrected chi connectivity index (χ3v) is 9.11. The number of likely N-dealkylation sites (tertiary alicyclic amines) is 1. The number of carbonyl (C=O) groups is 1. The SMILES string of the molecule is Cc1cccc(Cl)c1S(=O)(=O)Cc1cccc(C(=O)N2C[C@@]3(C)CC(C)(C)C[C@]2(C)C3)n1. The standard InChI is InChI=1S/C25H31ClN2O3S/c1-17-8-6-10-19(26)21(17)32(30,31)12-18-9-7-11-20(27-18)22(29)28-16-24(4)13-23(2,3)14-25(28,5)15-24/h6-11H,12-16H2,1-5H3/t24-,25+/m0/s1. The molecule has 2 heterocycles. The molecule has 1 amide bonds. The van der Waals surface area contributed by atoms with Crippen LogP contribution in [0, 0.1) is 17.8 Å². The molecule has 0 spiro atoms. The first-order chi connectivity index (χ1) is 14.7. The highest BCUT2D eigenvalue weighted by Gasteiger charge is 2.57. The zero-order chi connectivity index (χ0) is 23.5. The van der Waals surface area contributed by atoms with Crippen molar-refractivity contribution in [3.63, 3.8) is 0 Å². The minimum absolute atomic E-state index is 0.0920. The number of halogens is 1. The Morgan fingerprint density at radius 2 is 1.75 bits per heavy atom. The smallest absolute Gasteiger partial charge is 0.272 e. The fourth-order valence-electron chi connectivity index (χ4n) is 6.58. The minimum atomic E-state index is -3.71. The Morgan fingerprint density at radius 3 is 2.44 bits per heavy atom. The average Bonchev–Trinajstić information content (AvgIpc) is 2.84. The van der Waals surface area contributed by atoms with E-state index in [1.807, 2.05) is 4.90 Å². The summed E-state index contributed by atoms with van der Waals surface area (Å²) in [6.07, 6.45) is 3.01. The first-order valence-corrected chi connectivity index (χ1v) is 13.0. The molecule has 5 nitrogen and oxygen atoms in total. The van der Waals surface area contributed by atoms with Gasteiger partial charge >= 0.3 is 0 Å². The molecule has 0 unspecified atom stereocenters. The maximum Gasteiger partial charge on any atom is 0.272 e. The van der Waals surface area contributed by atoms with Gasteiger partial charge in [0, 0.05) is 12.1 Å². The molecule has 7 heteroatoms. The predicted octanol–water partition coefficient (Wildman–Crippen LogP) is 5.45. The molecule has 4 rings (SSSR count). The van der Waals surface area contributed by atoms with Crippen LogP contribution in [0.3, 0.4) is 0 Å². The van der Waals surface area contributed by atoms with Crippen LogP contribution in [0.15, 0.2) is 41.3 Å². The Labute approximate surface area is 196 Å². The number of sulfone groups is 1. The van der Waals surface area contributed by atoms with E-state index in [0.717, 1.165) is 19.3 Å². The van der Waals surface area contributed by atoms with Crippen molar-refractivity contribution in [2.45, 2.75) is 70.1 Å². The molecule has 1 aromatic heterocycles. The second-order valence-electron chi connectivity index (χ2n) is 11.1. The first-order valence-electron chi connectivity index (χ1n) is 11.0. The van der Waals surface area contributed by atoms with Gasteiger partial charge in [-0.3, -0.25) is 4.79 Å². The topological polar surface area (TPSA) is 67.3 Å². The first kappa shape index (κ1) is 23.2. The Kier molecular flexibility index (Phi) is 5.49. The summed E-state index contributed by atoms with van der Waals surface area (Å²) in [5.74, 6) is -0.428. The summed E-state index contributed by atoms with van der Waals surface area (Å²) in [7, 11) is -3.71. The van der Waals surface area contributed by atoms with E-state index in [1.54, 1.807) is 43.3 Å². The van der Waals surface area contributed by atoms with Crippen molar-refractivity contribution < 1.29 is 13.2 Å². The summed E-state index contributed by atoms with van der Waals surface area (Å²) in [4.78, 5) is 20.1. The van der Waals surface area contributed by atoms with E-state index in [2.05, 4.69) is 32.7 Å².